The predicted molar refractivity (Wildman–Crippen MR) is 370 cm³/mol. The molecule has 5 aliphatic heterocycles. The van der Waals surface area contributed by atoms with Crippen molar-refractivity contribution in [3.63, 3.8) is 0 Å². The van der Waals surface area contributed by atoms with Gasteiger partial charge < -0.3 is 33.3 Å². The van der Waals surface area contributed by atoms with Gasteiger partial charge in [-0.25, -0.2) is 58.2 Å². The summed E-state index contributed by atoms with van der Waals surface area (Å²) in [5.41, 5.74) is 20.9. The van der Waals surface area contributed by atoms with Crippen molar-refractivity contribution in [2.75, 3.05) is 34.4 Å². The second kappa shape index (κ2) is 28.3. The summed E-state index contributed by atoms with van der Waals surface area (Å²) >= 11 is 11.0. The molecule has 5 aliphatic rings. The van der Waals surface area contributed by atoms with Gasteiger partial charge in [-0.2, -0.15) is 10.2 Å². The first-order chi connectivity index (χ1) is 49.2. The molecule has 0 saturated heterocycles. The second-order valence-corrected chi connectivity index (χ2v) is 25.8. The van der Waals surface area contributed by atoms with Crippen molar-refractivity contribution in [2.24, 2.45) is 5.11 Å². The largest absolute Gasteiger partial charge is 0.461 e. The average Bonchev–Trinajstić information content (AvgIpc) is 1.68. The first-order valence-electron chi connectivity index (χ1n) is 31.5. The first kappa shape index (κ1) is 68.5. The molecule has 17 rings (SSSR count). The molecule has 102 heavy (non-hydrogen) atoms. The molecule has 0 fully saturated rings. The third-order valence-electron chi connectivity index (χ3n) is 17.2. The maximum Gasteiger partial charge on any atom is 0.358 e. The van der Waals surface area contributed by atoms with Gasteiger partial charge in [-0.1, -0.05) is 27.5 Å². The Bertz CT molecular complexity index is 5290. The van der Waals surface area contributed by atoms with Gasteiger partial charge in [-0.3, -0.25) is 32.9 Å². The van der Waals surface area contributed by atoms with Crippen molar-refractivity contribution in [3.8, 4) is 51.2 Å². The predicted octanol–water partition coefficient (Wildman–Crippen LogP) is 10.3. The normalized spacial score (nSPS) is 13.0. The van der Waals surface area contributed by atoms with Crippen LogP contribution in [-0.4, -0.2) is 162 Å². The molecule has 1 N–H and O–H groups in total. The van der Waals surface area contributed by atoms with Crippen LogP contribution in [0.1, 0.15) is 122 Å². The molecule has 0 unspecified atom stereocenters. The number of nitrogens with zero attached hydrogens (tertiary/aromatic N) is 21. The van der Waals surface area contributed by atoms with E-state index in [1.165, 1.54) is 58.9 Å². The van der Waals surface area contributed by atoms with E-state index in [1.54, 1.807) is 86.2 Å². The summed E-state index contributed by atoms with van der Waals surface area (Å²) in [6, 6.07) is 22.7. The Morgan fingerprint density at radius 1 is 0.559 bits per heavy atom. The zero-order valence-corrected chi connectivity index (χ0v) is 58.9. The minimum absolute atomic E-state index is 0.0156. The molecular weight excluding hydrogens is 1420 g/mol. The quantitative estimate of drug-likeness (QED) is 0.0699. The summed E-state index contributed by atoms with van der Waals surface area (Å²) in [5, 5.41) is 14.8. The van der Waals surface area contributed by atoms with Crippen LogP contribution in [0.3, 0.4) is 0 Å². The Morgan fingerprint density at radius 2 is 1.01 bits per heavy atom. The molecule has 0 radical (unpaired) electrons. The van der Waals surface area contributed by atoms with E-state index in [0.717, 1.165) is 72.8 Å². The van der Waals surface area contributed by atoms with Crippen molar-refractivity contribution in [1.82, 2.24) is 96.9 Å². The average molecular weight is 1480 g/mol. The zero-order valence-electron chi connectivity index (χ0n) is 55.8. The molecule has 0 aliphatic carbocycles. The van der Waals surface area contributed by atoms with Crippen molar-refractivity contribution in [1.29, 1.82) is 5.53 Å². The lowest BCUT2D eigenvalue weighted by Crippen LogP contribution is -2.26. The molecule has 34 heteroatoms. The fraction of sp³-hybridized carbons (Fsp3) is 0.221. The summed E-state index contributed by atoms with van der Waals surface area (Å²) in [6.45, 7) is 11.6. The molecule has 12 aromatic rings. The van der Waals surface area contributed by atoms with Crippen LogP contribution in [0.2, 0.25) is 5.02 Å². The fourth-order valence-corrected chi connectivity index (χ4v) is 13.7. The highest BCUT2D eigenvalue weighted by Crippen LogP contribution is 2.37. The molecule has 3 amide bonds. The zero-order chi connectivity index (χ0) is 71.9. The van der Waals surface area contributed by atoms with Gasteiger partial charge in [0, 0.05) is 48.7 Å². The number of halogens is 3. The Labute approximate surface area is 596 Å². The van der Waals surface area contributed by atoms with Gasteiger partial charge in [-0.15, -0.1) is 11.3 Å². The van der Waals surface area contributed by atoms with E-state index in [9.17, 15) is 33.2 Å². The van der Waals surface area contributed by atoms with Gasteiger partial charge in [0.2, 0.25) is 4.91 Å². The topological polar surface area (TPSA) is 331 Å². The number of ether oxygens (including phenoxy) is 2. The number of ketones is 1. The highest BCUT2D eigenvalue weighted by Gasteiger charge is 2.33. The number of aryl methyl sites for hydroxylation is 2. The molecule has 13 heterocycles. The number of imidazole rings is 5. The maximum absolute atomic E-state index is 13.5. The van der Waals surface area contributed by atoms with Gasteiger partial charge in [0.25, 0.3) is 17.7 Å². The number of thiophene rings is 1. The van der Waals surface area contributed by atoms with Crippen LogP contribution < -0.4 is 4.91 Å². The van der Waals surface area contributed by atoms with Crippen LogP contribution in [0.15, 0.2) is 138 Å². The first-order valence-corrected chi connectivity index (χ1v) is 33.5. The number of hydrogen-bond acceptors (Lipinski definition) is 20. The summed E-state index contributed by atoms with van der Waals surface area (Å²) in [4.78, 5) is 111. The Morgan fingerprint density at radius 3 is 1.55 bits per heavy atom. The van der Waals surface area contributed by atoms with E-state index in [2.05, 4.69) is 92.3 Å². The highest BCUT2D eigenvalue weighted by atomic mass is 79.9. The molecule has 0 atom stereocenters. The Balaban J connectivity index is 0.000000114. The molecule has 0 spiro atoms. The maximum atomic E-state index is 13.5. The molecule has 516 valence electrons. The van der Waals surface area contributed by atoms with Crippen LogP contribution >= 0.6 is 38.9 Å². The number of hydrogen-bond donors (Lipinski definition) is 1. The van der Waals surface area contributed by atoms with Crippen LogP contribution in [0.4, 0.5) is 10.1 Å². The van der Waals surface area contributed by atoms with Crippen LogP contribution in [-0.2, 0) is 42.2 Å². The number of benzene rings is 4. The van der Waals surface area contributed by atoms with Crippen LogP contribution in [0.5, 0.6) is 0 Å². The summed E-state index contributed by atoms with van der Waals surface area (Å²) < 4.78 is 37.7. The lowest BCUT2D eigenvalue weighted by atomic mass is 10.1. The standard InChI is InChI=1S/C15H14FN3O3.C15H15N6O3.C13H10BrN5.C13H10ClN5.C12H11N3O2S/c1-3-22-15(21)13-12-7-18(2)14(20)10-6-9(16)4-5-11(10)19(12)8-17-13;1-3-24-15(23)13-12-7-20(2)14(22)10-6-9(18-19-16)4-5-11(10)21(12)8-17-13;2*1-8-12-5-19-13(15-6-17-19)10-4-9(14)2-3-11(10)18(12)7-16-8;1-7(16)10-9-5-14(2)12(17)11-8(3-4-18-11)15(9)6-13-10/h4-6,8H,3,7H2,1-2H3;4-6,8,16H,3,7H2,1-2H3;2*2-4,6-7H,5H2,1H3;3-4,6H,5H2,1-2H3/q;+1;;;. The van der Waals surface area contributed by atoms with Crippen LogP contribution in [0.25, 0.3) is 51.2 Å². The summed E-state index contributed by atoms with van der Waals surface area (Å²) in [7, 11) is 4.97. The van der Waals surface area contributed by atoms with Gasteiger partial charge >= 0.3 is 11.9 Å². The third-order valence-corrected chi connectivity index (χ3v) is 18.8. The number of Topliss-reactive ketones (excluding diaryl/α,β-unsaturated/α-hetero) is 1. The number of carbonyl (C=O) groups excluding carboxylic acids is 6. The SMILES string of the molecule is CC(=O)c1ncn2c1CN(C)C(=O)c1sccc1-2.CCOC(=O)c1ncn2c1CN(C)C(=O)c1cc(F)ccc1-2.CCOC(=O)c1ncn2c1CN(C)C(=O)c1cc(N=[N+]=N)ccc1-2.Cc1ncn2c1Cn1ncnc1-c1cc(Br)ccc1-2.Cc1ncn2c1Cn1ncnc1-c1cc(Cl)ccc1-2. The number of aromatic nitrogens is 16. The number of carbonyl (C=O) groups is 6. The third kappa shape index (κ3) is 12.8. The van der Waals surface area contributed by atoms with E-state index < -0.39 is 17.8 Å². The number of esters is 2. The Kier molecular flexibility index (Phi) is 19.0. The number of nitrogens with one attached hydrogen (secondary N) is 1. The minimum Gasteiger partial charge on any atom is -0.461 e. The van der Waals surface area contributed by atoms with Crippen molar-refractivity contribution in [2.45, 2.75) is 67.3 Å². The molecular formula is C68H60BrClFN22O8S+. The lowest BCUT2D eigenvalue weighted by Gasteiger charge is -2.14. The summed E-state index contributed by atoms with van der Waals surface area (Å²) in [6.07, 6.45) is 11.4. The van der Waals surface area contributed by atoms with Gasteiger partial charge in [0.15, 0.2) is 39.6 Å². The number of rotatable bonds is 6. The van der Waals surface area contributed by atoms with E-state index in [1.807, 2.05) is 76.1 Å². The minimum atomic E-state index is -0.539. The second-order valence-electron chi connectivity index (χ2n) is 23.5. The monoisotopic (exact) mass is 1480 g/mol. The summed E-state index contributed by atoms with van der Waals surface area (Å²) in [5.74, 6) is -0.451. The molecule has 8 aromatic heterocycles. The number of amides is 3. The molecule has 0 saturated carbocycles. The van der Waals surface area contributed by atoms with Crippen molar-refractivity contribution < 1.29 is 42.6 Å². The smallest absolute Gasteiger partial charge is 0.358 e. The van der Waals surface area contributed by atoms with E-state index in [-0.39, 0.29) is 66.8 Å². The molecule has 30 nitrogen and oxygen atoms in total. The fourth-order valence-electron chi connectivity index (χ4n) is 12.3. The van der Waals surface area contributed by atoms with E-state index in [4.69, 9.17) is 26.6 Å². The van der Waals surface area contributed by atoms with Crippen molar-refractivity contribution >= 4 is 80.0 Å². The Hall–Kier alpha value is -12.1. The van der Waals surface area contributed by atoms with Gasteiger partial charge in [-0.05, 0) is 112 Å². The van der Waals surface area contributed by atoms with Crippen LogP contribution in [0, 0.1) is 25.2 Å². The van der Waals surface area contributed by atoms with Crippen molar-refractivity contribution in [3.05, 3.63) is 217 Å². The lowest BCUT2D eigenvalue weighted by molar-refractivity contribution is 0.0507. The van der Waals surface area contributed by atoms with E-state index >= 15 is 0 Å². The van der Waals surface area contributed by atoms with Gasteiger partial charge in [0.1, 0.15) is 53.6 Å². The highest BCUT2D eigenvalue weighted by molar-refractivity contribution is 9.10. The van der Waals surface area contributed by atoms with E-state index in [0.29, 0.717) is 69.2 Å². The molecule has 4 aromatic carbocycles. The number of fused-ring (bicyclic) bond motifs is 19. The van der Waals surface area contributed by atoms with Gasteiger partial charge in [0.05, 0.1) is 138 Å². The molecule has 0 bridgehead atoms.